The van der Waals surface area contributed by atoms with Gasteiger partial charge in [-0.1, -0.05) is 0 Å². The van der Waals surface area contributed by atoms with E-state index in [4.69, 9.17) is 0 Å². The van der Waals surface area contributed by atoms with E-state index in [1.54, 1.807) is 0 Å². The smallest absolute Gasteiger partial charge is 0.345 e. The highest BCUT2D eigenvalue weighted by Crippen LogP contribution is 2.42. The second-order valence-corrected chi connectivity index (χ2v) is 4.25. The molecule has 0 spiro atoms. The van der Waals surface area contributed by atoms with Crippen LogP contribution in [0.5, 0.6) is 0 Å². The molecule has 2 heterocycles. The first-order valence-electron chi connectivity index (χ1n) is 5.02. The van der Waals surface area contributed by atoms with Crippen molar-refractivity contribution in [2.45, 2.75) is 23.5 Å². The SMILES string of the molecule is O=[N+]([O-])C1([N+](=O)[O-])CO[C@@H]2[C@H]1OCC2([N+](=O)[O-])[N+](=O)[O-]. The quantitative estimate of drug-likeness (QED) is 0.327. The molecular formula is C6H6N4O10. The Bertz CT molecular complexity index is 444. The summed E-state index contributed by atoms with van der Waals surface area (Å²) in [6.07, 6.45) is -4.02. The molecule has 0 aliphatic carbocycles. The zero-order chi connectivity index (χ0) is 15.3. The van der Waals surface area contributed by atoms with Crippen LogP contribution < -0.4 is 0 Å². The topological polar surface area (TPSA) is 191 Å². The Balaban J connectivity index is 2.51. The molecule has 20 heavy (non-hydrogen) atoms. The lowest BCUT2D eigenvalue weighted by atomic mass is 9.98. The lowest BCUT2D eigenvalue weighted by Crippen LogP contribution is -2.59. The first kappa shape index (κ1) is 13.9. The molecule has 14 nitrogen and oxygen atoms in total. The van der Waals surface area contributed by atoms with Gasteiger partial charge in [0.05, 0.1) is 0 Å². The summed E-state index contributed by atoms with van der Waals surface area (Å²) in [5.74, 6) is 0. The summed E-state index contributed by atoms with van der Waals surface area (Å²) < 4.78 is 9.32. The zero-order valence-corrected chi connectivity index (χ0v) is 9.44. The highest BCUT2D eigenvalue weighted by Gasteiger charge is 2.86. The molecule has 0 aromatic rings. The highest BCUT2D eigenvalue weighted by molar-refractivity contribution is 5.03. The maximum absolute atomic E-state index is 10.9. The van der Waals surface area contributed by atoms with Crippen LogP contribution in [0.4, 0.5) is 0 Å². The molecule has 0 radical (unpaired) electrons. The number of hydrogen-bond acceptors (Lipinski definition) is 10. The Hall–Kier alpha value is -2.48. The number of nitrogens with zero attached hydrogens (tertiary/aromatic N) is 4. The van der Waals surface area contributed by atoms with Crippen molar-refractivity contribution in [3.63, 3.8) is 0 Å². The Labute approximate surface area is 107 Å². The number of rotatable bonds is 4. The molecular weight excluding hydrogens is 288 g/mol. The van der Waals surface area contributed by atoms with Crippen molar-refractivity contribution in [2.75, 3.05) is 13.2 Å². The molecule has 2 aliphatic heterocycles. The standard InChI is InChI=1S/C6H6N4O10/c11-7(12)5(8(13)14)1-19-4-3(5)20-2-6(4,9(15)16)10(17)18/h3-4H,1-2H2/t3-,4-/m1/s1. The minimum absolute atomic E-state index is 1.15. The summed E-state index contributed by atoms with van der Waals surface area (Å²) in [4.78, 5) is 38.4. The van der Waals surface area contributed by atoms with Gasteiger partial charge in [-0.25, -0.2) is 0 Å². The lowest BCUT2D eigenvalue weighted by molar-refractivity contribution is -0.801. The third kappa shape index (κ3) is 1.33. The molecule has 0 amide bonds. The highest BCUT2D eigenvalue weighted by atomic mass is 16.7. The van der Waals surface area contributed by atoms with E-state index >= 15 is 0 Å². The van der Waals surface area contributed by atoms with Crippen molar-refractivity contribution in [2.24, 2.45) is 0 Å². The van der Waals surface area contributed by atoms with Gasteiger partial charge in [-0.15, -0.1) is 0 Å². The van der Waals surface area contributed by atoms with E-state index in [1.807, 2.05) is 0 Å². The van der Waals surface area contributed by atoms with Gasteiger partial charge in [0.25, 0.3) is 0 Å². The fraction of sp³-hybridized carbons (Fsp3) is 1.00. The number of hydrogen-bond donors (Lipinski definition) is 0. The molecule has 0 unspecified atom stereocenters. The van der Waals surface area contributed by atoms with Gasteiger partial charge in [-0.2, -0.15) is 0 Å². The third-order valence-electron chi connectivity index (χ3n) is 3.40. The maximum Gasteiger partial charge on any atom is 0.508 e. The van der Waals surface area contributed by atoms with E-state index in [0.29, 0.717) is 0 Å². The minimum atomic E-state index is -2.99. The van der Waals surface area contributed by atoms with Crippen LogP contribution in [0.1, 0.15) is 0 Å². The third-order valence-corrected chi connectivity index (χ3v) is 3.40. The average Bonchev–Trinajstić information content (AvgIpc) is 2.84. The summed E-state index contributed by atoms with van der Waals surface area (Å²) in [6, 6.07) is 0. The monoisotopic (exact) mass is 294 g/mol. The van der Waals surface area contributed by atoms with Gasteiger partial charge < -0.3 is 9.47 Å². The van der Waals surface area contributed by atoms with E-state index in [0.717, 1.165) is 0 Å². The van der Waals surface area contributed by atoms with Crippen molar-refractivity contribution in [3.8, 4) is 0 Å². The van der Waals surface area contributed by atoms with Crippen molar-refractivity contribution >= 4 is 0 Å². The summed E-state index contributed by atoms with van der Waals surface area (Å²) in [5.41, 5.74) is -5.98. The van der Waals surface area contributed by atoms with E-state index in [2.05, 4.69) is 9.47 Å². The van der Waals surface area contributed by atoms with Gasteiger partial charge in [0.2, 0.25) is 12.2 Å². The minimum Gasteiger partial charge on any atom is -0.345 e. The first-order valence-corrected chi connectivity index (χ1v) is 5.02. The molecule has 2 rings (SSSR count). The molecule has 0 aromatic heterocycles. The predicted molar refractivity (Wildman–Crippen MR) is 52.9 cm³/mol. The van der Waals surface area contributed by atoms with Crippen LogP contribution >= 0.6 is 0 Å². The van der Waals surface area contributed by atoms with Gasteiger partial charge >= 0.3 is 11.3 Å². The lowest BCUT2D eigenvalue weighted by Gasteiger charge is -2.14. The fourth-order valence-electron chi connectivity index (χ4n) is 2.28. The Morgan fingerprint density at radius 1 is 0.700 bits per heavy atom. The summed E-state index contributed by atoms with van der Waals surface area (Å²) in [6.45, 7) is -2.29. The van der Waals surface area contributed by atoms with Crippen molar-refractivity contribution in [3.05, 3.63) is 40.5 Å². The fourth-order valence-corrected chi connectivity index (χ4v) is 2.28. The van der Waals surface area contributed by atoms with Crippen LogP contribution in [-0.2, 0) is 9.47 Å². The van der Waals surface area contributed by atoms with Crippen LogP contribution in [0.25, 0.3) is 0 Å². The van der Waals surface area contributed by atoms with Gasteiger partial charge in [-0.3, -0.25) is 40.5 Å². The van der Waals surface area contributed by atoms with E-state index < -0.39 is 56.4 Å². The van der Waals surface area contributed by atoms with Crippen LogP contribution in [-0.4, -0.2) is 56.4 Å². The van der Waals surface area contributed by atoms with Gasteiger partial charge in [0.1, 0.15) is 19.7 Å². The number of fused-ring (bicyclic) bond motifs is 1. The number of nitro groups is 4. The Morgan fingerprint density at radius 3 is 1.15 bits per heavy atom. The second-order valence-electron chi connectivity index (χ2n) is 4.25. The van der Waals surface area contributed by atoms with Crippen LogP contribution in [0.2, 0.25) is 0 Å². The van der Waals surface area contributed by atoms with Crippen molar-refractivity contribution in [1.82, 2.24) is 0 Å². The summed E-state index contributed by atoms with van der Waals surface area (Å²) in [5, 5.41) is 43.7. The molecule has 110 valence electrons. The van der Waals surface area contributed by atoms with Crippen molar-refractivity contribution < 1.29 is 29.2 Å². The summed E-state index contributed by atoms with van der Waals surface area (Å²) >= 11 is 0. The molecule has 0 aromatic carbocycles. The van der Waals surface area contributed by atoms with Gasteiger partial charge in [0.15, 0.2) is 13.2 Å². The predicted octanol–water partition coefficient (Wildman–Crippen LogP) is -1.72. The molecule has 2 atom stereocenters. The first-order chi connectivity index (χ1) is 9.21. The average molecular weight is 294 g/mol. The van der Waals surface area contributed by atoms with Gasteiger partial charge in [0, 0.05) is 0 Å². The molecule has 0 saturated carbocycles. The number of ether oxygens (including phenoxy) is 2. The van der Waals surface area contributed by atoms with Crippen LogP contribution in [0.3, 0.4) is 0 Å². The largest absolute Gasteiger partial charge is 0.508 e. The molecule has 0 bridgehead atoms. The normalized spacial score (nSPS) is 29.6. The molecule has 2 fully saturated rings. The summed E-state index contributed by atoms with van der Waals surface area (Å²) in [7, 11) is 0. The van der Waals surface area contributed by atoms with Gasteiger partial charge in [-0.05, 0) is 0 Å². The van der Waals surface area contributed by atoms with Crippen LogP contribution in [0, 0.1) is 40.5 Å². The zero-order valence-electron chi connectivity index (χ0n) is 9.44. The van der Waals surface area contributed by atoms with E-state index in [9.17, 15) is 40.5 Å². The Morgan fingerprint density at radius 2 is 0.950 bits per heavy atom. The van der Waals surface area contributed by atoms with Crippen LogP contribution in [0.15, 0.2) is 0 Å². The Kier molecular flexibility index (Phi) is 2.79. The molecule has 14 heteroatoms. The second kappa shape index (κ2) is 4.01. The van der Waals surface area contributed by atoms with E-state index in [1.165, 1.54) is 0 Å². The maximum atomic E-state index is 10.9. The van der Waals surface area contributed by atoms with E-state index in [-0.39, 0.29) is 0 Å². The van der Waals surface area contributed by atoms with Crippen molar-refractivity contribution in [1.29, 1.82) is 0 Å². The molecule has 2 aliphatic rings. The molecule has 0 N–H and O–H groups in total. The molecule has 2 saturated heterocycles.